The minimum Gasteiger partial charge on any atom is -0.489 e. The first-order chi connectivity index (χ1) is 11.8. The van der Waals surface area contributed by atoms with E-state index in [0.717, 1.165) is 47.5 Å². The van der Waals surface area contributed by atoms with Crippen LogP contribution >= 0.6 is 0 Å². The number of rotatable bonds is 3. The molecular weight excluding hydrogens is 300 g/mol. The van der Waals surface area contributed by atoms with Crippen LogP contribution in [0.15, 0.2) is 47.6 Å². The number of hydrogen-bond acceptors (Lipinski definition) is 4. The highest BCUT2D eigenvalue weighted by Crippen LogP contribution is 2.46. The van der Waals surface area contributed by atoms with Gasteiger partial charge in [0.15, 0.2) is 0 Å². The lowest BCUT2D eigenvalue weighted by molar-refractivity contribution is 0.155. The molecule has 0 spiro atoms. The van der Waals surface area contributed by atoms with E-state index in [-0.39, 0.29) is 6.10 Å². The van der Waals surface area contributed by atoms with Crippen molar-refractivity contribution in [3.63, 3.8) is 0 Å². The van der Waals surface area contributed by atoms with Gasteiger partial charge in [-0.3, -0.25) is 0 Å². The first-order valence-corrected chi connectivity index (χ1v) is 8.67. The molecule has 0 aromatic heterocycles. The van der Waals surface area contributed by atoms with Crippen molar-refractivity contribution in [2.75, 3.05) is 20.1 Å². The molecule has 24 heavy (non-hydrogen) atoms. The van der Waals surface area contributed by atoms with E-state index in [1.54, 1.807) is 0 Å². The molecule has 0 radical (unpaired) electrons. The Morgan fingerprint density at radius 2 is 1.92 bits per heavy atom. The monoisotopic (exact) mass is 322 g/mol. The molecule has 2 aromatic rings. The van der Waals surface area contributed by atoms with Gasteiger partial charge in [0.2, 0.25) is 0 Å². The van der Waals surface area contributed by atoms with Crippen LogP contribution in [-0.4, -0.2) is 31.1 Å². The number of benzene rings is 2. The summed E-state index contributed by atoms with van der Waals surface area (Å²) in [6.45, 7) is 2.09. The SMILES string of the molecule is CN1CCCCC(Oc2ccc3c(c2)C(N=O)c2ccccc2-3)C1. The summed E-state index contributed by atoms with van der Waals surface area (Å²) in [6, 6.07) is 13.7. The third-order valence-corrected chi connectivity index (χ3v) is 5.10. The van der Waals surface area contributed by atoms with Crippen molar-refractivity contribution >= 4 is 0 Å². The molecule has 1 fully saturated rings. The van der Waals surface area contributed by atoms with E-state index in [1.165, 1.54) is 12.8 Å². The Hall–Kier alpha value is -2.20. The van der Waals surface area contributed by atoms with Gasteiger partial charge in [-0.2, -0.15) is 0 Å². The fraction of sp³-hybridized carbons (Fsp3) is 0.400. The predicted octanol–water partition coefficient (Wildman–Crippen LogP) is 4.39. The van der Waals surface area contributed by atoms with E-state index in [4.69, 9.17) is 4.74 Å². The normalized spacial score (nSPS) is 23.2. The zero-order chi connectivity index (χ0) is 16.5. The maximum absolute atomic E-state index is 11.4. The molecule has 4 rings (SSSR count). The first-order valence-electron chi connectivity index (χ1n) is 8.67. The fourth-order valence-corrected chi connectivity index (χ4v) is 3.92. The van der Waals surface area contributed by atoms with Crippen LogP contribution < -0.4 is 4.74 Å². The van der Waals surface area contributed by atoms with E-state index in [0.29, 0.717) is 0 Å². The van der Waals surface area contributed by atoms with E-state index in [9.17, 15) is 4.91 Å². The Bertz CT molecular complexity index is 759. The number of ether oxygens (including phenoxy) is 1. The first kappa shape index (κ1) is 15.3. The average Bonchev–Trinajstić information content (AvgIpc) is 2.76. The molecule has 4 heteroatoms. The summed E-state index contributed by atoms with van der Waals surface area (Å²) in [5.74, 6) is 0.843. The quantitative estimate of drug-likeness (QED) is 0.787. The van der Waals surface area contributed by atoms with Gasteiger partial charge in [-0.1, -0.05) is 35.5 Å². The molecule has 0 bridgehead atoms. The van der Waals surface area contributed by atoms with E-state index in [1.807, 2.05) is 30.3 Å². The summed E-state index contributed by atoms with van der Waals surface area (Å²) in [5, 5.41) is 3.37. The number of likely N-dealkylation sites (N-methyl/N-ethyl adjacent to an activating group) is 1. The number of hydrogen-bond donors (Lipinski definition) is 0. The van der Waals surface area contributed by atoms with Crippen LogP contribution in [0.2, 0.25) is 0 Å². The van der Waals surface area contributed by atoms with Crippen LogP contribution in [0.1, 0.15) is 36.4 Å². The van der Waals surface area contributed by atoms with Crippen LogP contribution in [-0.2, 0) is 0 Å². The van der Waals surface area contributed by atoms with E-state index in [2.05, 4.69) is 29.3 Å². The van der Waals surface area contributed by atoms with Gasteiger partial charge in [0.05, 0.1) is 0 Å². The van der Waals surface area contributed by atoms with Gasteiger partial charge < -0.3 is 9.64 Å². The fourth-order valence-electron chi connectivity index (χ4n) is 3.92. The van der Waals surface area contributed by atoms with Gasteiger partial charge >= 0.3 is 0 Å². The van der Waals surface area contributed by atoms with Crippen molar-refractivity contribution in [3.05, 3.63) is 58.5 Å². The van der Waals surface area contributed by atoms with Gasteiger partial charge in [-0.05, 0) is 67.2 Å². The van der Waals surface area contributed by atoms with Crippen molar-refractivity contribution < 1.29 is 4.74 Å². The molecule has 124 valence electrons. The summed E-state index contributed by atoms with van der Waals surface area (Å²) in [7, 11) is 2.15. The molecular formula is C20H22N2O2. The second-order valence-electron chi connectivity index (χ2n) is 6.84. The van der Waals surface area contributed by atoms with Gasteiger partial charge in [0.25, 0.3) is 0 Å². The van der Waals surface area contributed by atoms with Gasteiger partial charge in [-0.25, -0.2) is 0 Å². The number of nitrogens with zero attached hydrogens (tertiary/aromatic N) is 2. The van der Waals surface area contributed by atoms with E-state index >= 15 is 0 Å². The molecule has 2 unspecified atom stereocenters. The second kappa shape index (κ2) is 6.36. The molecule has 0 saturated carbocycles. The Kier molecular flexibility index (Phi) is 4.07. The van der Waals surface area contributed by atoms with Crippen LogP contribution in [0, 0.1) is 4.91 Å². The molecule has 2 aromatic carbocycles. The summed E-state index contributed by atoms with van der Waals surface area (Å²) in [5.41, 5.74) is 4.16. The highest BCUT2D eigenvalue weighted by Gasteiger charge is 2.30. The lowest BCUT2D eigenvalue weighted by Crippen LogP contribution is -2.31. The topological polar surface area (TPSA) is 41.9 Å². The number of nitroso groups, excluding NO2 is 1. The Morgan fingerprint density at radius 3 is 2.79 bits per heavy atom. The van der Waals surface area contributed by atoms with Crippen molar-refractivity contribution in [3.8, 4) is 16.9 Å². The third-order valence-electron chi connectivity index (χ3n) is 5.10. The molecule has 1 saturated heterocycles. The van der Waals surface area contributed by atoms with Crippen LogP contribution in [0.25, 0.3) is 11.1 Å². The summed E-state index contributed by atoms with van der Waals surface area (Å²) < 4.78 is 6.24. The molecule has 0 N–H and O–H groups in total. The van der Waals surface area contributed by atoms with Crippen molar-refractivity contribution in [1.29, 1.82) is 0 Å². The molecule has 1 aliphatic carbocycles. The zero-order valence-electron chi connectivity index (χ0n) is 13.9. The maximum atomic E-state index is 11.4. The molecule has 2 aliphatic rings. The minimum absolute atomic E-state index is 0.210. The van der Waals surface area contributed by atoms with Crippen molar-refractivity contribution in [2.45, 2.75) is 31.4 Å². The summed E-state index contributed by atoms with van der Waals surface area (Å²) in [6.07, 6.45) is 3.72. The van der Waals surface area contributed by atoms with Crippen LogP contribution in [0.4, 0.5) is 0 Å². The minimum atomic E-state index is -0.420. The standard InChI is InChI=1S/C20H22N2O2/c1-22-11-5-4-6-15(13-22)24-14-9-10-17-16-7-2-3-8-18(16)20(21-23)19(17)12-14/h2-3,7-10,12,15,20H,4-6,11,13H2,1H3. The van der Waals surface area contributed by atoms with Gasteiger partial charge in [0, 0.05) is 6.54 Å². The Labute approximate surface area is 142 Å². The molecule has 2 atom stereocenters. The van der Waals surface area contributed by atoms with Crippen LogP contribution in [0.3, 0.4) is 0 Å². The molecule has 0 amide bonds. The zero-order valence-corrected chi connectivity index (χ0v) is 13.9. The lowest BCUT2D eigenvalue weighted by Gasteiger charge is -2.22. The largest absolute Gasteiger partial charge is 0.489 e. The summed E-state index contributed by atoms with van der Waals surface area (Å²) >= 11 is 0. The second-order valence-corrected chi connectivity index (χ2v) is 6.84. The smallest absolute Gasteiger partial charge is 0.143 e. The third kappa shape index (κ3) is 2.71. The van der Waals surface area contributed by atoms with E-state index < -0.39 is 6.04 Å². The molecule has 1 heterocycles. The highest BCUT2D eigenvalue weighted by atomic mass is 16.5. The predicted molar refractivity (Wildman–Crippen MR) is 95.3 cm³/mol. The molecule has 1 aliphatic heterocycles. The Morgan fingerprint density at radius 1 is 1.08 bits per heavy atom. The van der Waals surface area contributed by atoms with Gasteiger partial charge in [-0.15, -0.1) is 4.91 Å². The highest BCUT2D eigenvalue weighted by molar-refractivity contribution is 5.79. The van der Waals surface area contributed by atoms with Crippen molar-refractivity contribution in [1.82, 2.24) is 4.90 Å². The lowest BCUT2D eigenvalue weighted by atomic mass is 10.1. The molecule has 4 nitrogen and oxygen atoms in total. The maximum Gasteiger partial charge on any atom is 0.143 e. The summed E-state index contributed by atoms with van der Waals surface area (Å²) in [4.78, 5) is 13.8. The number of likely N-dealkylation sites (tertiary alicyclic amines) is 1. The average molecular weight is 322 g/mol. The van der Waals surface area contributed by atoms with Crippen molar-refractivity contribution in [2.24, 2.45) is 5.18 Å². The van der Waals surface area contributed by atoms with Crippen LogP contribution in [0.5, 0.6) is 5.75 Å². The van der Waals surface area contributed by atoms with Gasteiger partial charge in [0.1, 0.15) is 17.9 Å². The number of fused-ring (bicyclic) bond motifs is 3. The Balaban J connectivity index is 1.62.